The van der Waals surface area contributed by atoms with Gasteiger partial charge < -0.3 is 24.8 Å². The Balaban J connectivity index is 1.54. The Morgan fingerprint density at radius 2 is 1.50 bits per heavy atom. The van der Waals surface area contributed by atoms with Gasteiger partial charge >= 0.3 is 11.8 Å². The van der Waals surface area contributed by atoms with Crippen LogP contribution in [0.4, 0.5) is 11.4 Å². The maximum absolute atomic E-state index is 12.5. The number of benzene rings is 3. The highest BCUT2D eigenvalue weighted by Crippen LogP contribution is 2.28. The number of carbonyl (C=O) groups excluding carboxylic acids is 3. The molecule has 10 heteroatoms. The van der Waals surface area contributed by atoms with Gasteiger partial charge in [0.1, 0.15) is 5.75 Å². The van der Waals surface area contributed by atoms with E-state index >= 15 is 0 Å². The Bertz CT molecular complexity index is 1330. The zero-order chi connectivity index (χ0) is 27.7. The first kappa shape index (κ1) is 27.7. The predicted octanol–water partition coefficient (Wildman–Crippen LogP) is 3.74. The lowest BCUT2D eigenvalue weighted by Crippen LogP contribution is -2.32. The van der Waals surface area contributed by atoms with Gasteiger partial charge in [0.15, 0.2) is 18.1 Å². The van der Waals surface area contributed by atoms with Crippen LogP contribution in [-0.2, 0) is 14.4 Å². The summed E-state index contributed by atoms with van der Waals surface area (Å²) in [5, 5.41) is 9.17. The summed E-state index contributed by atoms with van der Waals surface area (Å²) in [5.41, 5.74) is 7.02. The summed E-state index contributed by atoms with van der Waals surface area (Å²) >= 11 is 0. The minimum atomic E-state index is -0.936. The maximum Gasteiger partial charge on any atom is 0.329 e. The highest BCUT2D eigenvalue weighted by molar-refractivity contribution is 6.39. The van der Waals surface area contributed by atoms with Crippen LogP contribution in [0.5, 0.6) is 17.2 Å². The summed E-state index contributed by atoms with van der Waals surface area (Å²) in [5.74, 6) is -0.756. The maximum atomic E-state index is 12.5. The van der Waals surface area contributed by atoms with E-state index in [-0.39, 0.29) is 12.5 Å². The Morgan fingerprint density at radius 1 is 0.816 bits per heavy atom. The summed E-state index contributed by atoms with van der Waals surface area (Å²) < 4.78 is 16.1. The molecule has 0 aromatic heterocycles. The lowest BCUT2D eigenvalue weighted by molar-refractivity contribution is -0.136. The van der Waals surface area contributed by atoms with Crippen molar-refractivity contribution in [1.82, 2.24) is 5.43 Å². The van der Waals surface area contributed by atoms with Gasteiger partial charge in [0.05, 0.1) is 20.4 Å². The van der Waals surface area contributed by atoms with Crippen molar-refractivity contribution in [3.63, 3.8) is 0 Å². The van der Waals surface area contributed by atoms with Crippen molar-refractivity contribution in [2.45, 2.75) is 20.8 Å². The Labute approximate surface area is 221 Å². The zero-order valence-electron chi connectivity index (χ0n) is 21.9. The van der Waals surface area contributed by atoms with Gasteiger partial charge in [0, 0.05) is 11.4 Å². The molecule has 0 radical (unpaired) electrons. The number of aryl methyl sites for hydroxylation is 3. The first-order valence-corrected chi connectivity index (χ1v) is 11.7. The van der Waals surface area contributed by atoms with Crippen LogP contribution < -0.4 is 30.3 Å². The monoisotopic (exact) mass is 518 g/mol. The Hall–Kier alpha value is -4.86. The highest BCUT2D eigenvalue weighted by Gasteiger charge is 2.14. The molecule has 0 saturated carbocycles. The van der Waals surface area contributed by atoms with Crippen LogP contribution in [0.2, 0.25) is 0 Å². The van der Waals surface area contributed by atoms with Crippen LogP contribution in [0, 0.1) is 20.8 Å². The van der Waals surface area contributed by atoms with E-state index in [4.69, 9.17) is 14.2 Å². The zero-order valence-corrected chi connectivity index (χ0v) is 21.9. The third-order valence-electron chi connectivity index (χ3n) is 5.42. The molecule has 38 heavy (non-hydrogen) atoms. The van der Waals surface area contributed by atoms with Crippen LogP contribution >= 0.6 is 0 Å². The minimum Gasteiger partial charge on any atom is -0.497 e. The molecule has 0 aliphatic carbocycles. The van der Waals surface area contributed by atoms with Crippen LogP contribution in [0.3, 0.4) is 0 Å². The van der Waals surface area contributed by atoms with Gasteiger partial charge in [-0.3, -0.25) is 14.4 Å². The second kappa shape index (κ2) is 12.9. The first-order chi connectivity index (χ1) is 18.2. The summed E-state index contributed by atoms with van der Waals surface area (Å²) in [4.78, 5) is 36.6. The molecule has 3 amide bonds. The van der Waals surface area contributed by atoms with Crippen LogP contribution in [-0.4, -0.2) is 44.8 Å². The lowest BCUT2D eigenvalue weighted by atomic mass is 10.1. The number of rotatable bonds is 9. The number of hydrazone groups is 1. The van der Waals surface area contributed by atoms with E-state index in [1.54, 1.807) is 42.5 Å². The average Bonchev–Trinajstić information content (AvgIpc) is 2.90. The number of nitrogens with zero attached hydrogens (tertiary/aromatic N) is 1. The van der Waals surface area contributed by atoms with Crippen molar-refractivity contribution in [3.8, 4) is 17.2 Å². The summed E-state index contributed by atoms with van der Waals surface area (Å²) in [6, 6.07) is 15.4. The quantitative estimate of drug-likeness (QED) is 0.225. The SMILES string of the molecule is COc1ccc(NC(=O)C(=O)N/N=C\c2ccc(OCC(=O)Nc3c(C)cc(C)cc3C)c(OC)c2)cc1. The molecule has 0 aliphatic heterocycles. The topological polar surface area (TPSA) is 127 Å². The van der Waals surface area contributed by atoms with Gasteiger partial charge in [-0.15, -0.1) is 0 Å². The molecule has 3 aromatic rings. The Morgan fingerprint density at radius 3 is 2.13 bits per heavy atom. The average molecular weight is 519 g/mol. The van der Waals surface area contributed by atoms with E-state index < -0.39 is 11.8 Å². The molecule has 0 atom stereocenters. The lowest BCUT2D eigenvalue weighted by Gasteiger charge is -2.14. The predicted molar refractivity (Wildman–Crippen MR) is 145 cm³/mol. The summed E-state index contributed by atoms with van der Waals surface area (Å²) in [6.45, 7) is 5.67. The minimum absolute atomic E-state index is 0.212. The normalized spacial score (nSPS) is 10.6. The molecule has 0 spiro atoms. The molecule has 0 aliphatic rings. The molecular formula is C28H30N4O6. The van der Waals surface area contributed by atoms with E-state index in [2.05, 4.69) is 21.2 Å². The third-order valence-corrected chi connectivity index (χ3v) is 5.42. The summed E-state index contributed by atoms with van der Waals surface area (Å²) in [7, 11) is 3.00. The molecule has 0 unspecified atom stereocenters. The Kier molecular flexibility index (Phi) is 9.42. The fourth-order valence-electron chi connectivity index (χ4n) is 3.66. The van der Waals surface area contributed by atoms with E-state index in [0.29, 0.717) is 28.5 Å². The number of methoxy groups -OCH3 is 2. The molecule has 0 saturated heterocycles. The van der Waals surface area contributed by atoms with Crippen molar-refractivity contribution >= 4 is 35.3 Å². The molecule has 0 fully saturated rings. The number of hydrogen-bond acceptors (Lipinski definition) is 7. The molecule has 0 bridgehead atoms. The second-order valence-corrected chi connectivity index (χ2v) is 8.40. The van der Waals surface area contributed by atoms with Gasteiger partial charge in [-0.2, -0.15) is 5.10 Å². The fraction of sp³-hybridized carbons (Fsp3) is 0.214. The van der Waals surface area contributed by atoms with Gasteiger partial charge in [-0.05, 0) is 79.9 Å². The number of anilines is 2. The van der Waals surface area contributed by atoms with E-state index in [1.165, 1.54) is 20.4 Å². The standard InChI is InChI=1S/C28H30N4O6/c1-17-12-18(2)26(19(3)13-17)31-25(33)16-38-23-11-6-20(14-24(23)37-5)15-29-32-28(35)27(34)30-21-7-9-22(36-4)10-8-21/h6-15H,16H2,1-5H3,(H,30,34)(H,31,33)(H,32,35)/b29-15-. The molecular weight excluding hydrogens is 488 g/mol. The molecule has 0 heterocycles. The summed E-state index contributed by atoms with van der Waals surface area (Å²) in [6.07, 6.45) is 1.35. The van der Waals surface area contributed by atoms with Crippen molar-refractivity contribution in [2.24, 2.45) is 5.10 Å². The van der Waals surface area contributed by atoms with E-state index in [0.717, 1.165) is 22.4 Å². The largest absolute Gasteiger partial charge is 0.497 e. The third kappa shape index (κ3) is 7.57. The molecule has 3 rings (SSSR count). The van der Waals surface area contributed by atoms with Crippen molar-refractivity contribution in [1.29, 1.82) is 0 Å². The fourth-order valence-corrected chi connectivity index (χ4v) is 3.66. The van der Waals surface area contributed by atoms with Crippen molar-refractivity contribution in [3.05, 3.63) is 76.9 Å². The number of ether oxygens (including phenoxy) is 3. The van der Waals surface area contributed by atoms with Crippen molar-refractivity contribution < 1.29 is 28.6 Å². The second-order valence-electron chi connectivity index (χ2n) is 8.40. The smallest absolute Gasteiger partial charge is 0.329 e. The van der Waals surface area contributed by atoms with Crippen molar-refractivity contribution in [2.75, 3.05) is 31.5 Å². The van der Waals surface area contributed by atoms with Gasteiger partial charge in [0.2, 0.25) is 0 Å². The molecule has 10 nitrogen and oxygen atoms in total. The van der Waals surface area contributed by atoms with E-state index in [9.17, 15) is 14.4 Å². The van der Waals surface area contributed by atoms with Crippen LogP contribution in [0.15, 0.2) is 59.7 Å². The van der Waals surface area contributed by atoms with Crippen LogP contribution in [0.25, 0.3) is 0 Å². The number of amides is 3. The molecule has 3 aromatic carbocycles. The number of hydrogen-bond donors (Lipinski definition) is 3. The van der Waals surface area contributed by atoms with Gasteiger partial charge in [-0.25, -0.2) is 5.43 Å². The van der Waals surface area contributed by atoms with Crippen LogP contribution in [0.1, 0.15) is 22.3 Å². The molecule has 3 N–H and O–H groups in total. The van der Waals surface area contributed by atoms with Gasteiger partial charge in [0.25, 0.3) is 5.91 Å². The van der Waals surface area contributed by atoms with Gasteiger partial charge in [-0.1, -0.05) is 17.7 Å². The number of carbonyl (C=O) groups is 3. The molecule has 198 valence electrons. The first-order valence-electron chi connectivity index (χ1n) is 11.7. The number of nitrogens with one attached hydrogen (secondary N) is 3. The highest BCUT2D eigenvalue weighted by atomic mass is 16.5. The van der Waals surface area contributed by atoms with E-state index in [1.807, 2.05) is 32.9 Å².